The average molecular weight is 475 g/mol. The maximum absolute atomic E-state index is 13.1. The molecule has 8 heteroatoms. The van der Waals surface area contributed by atoms with E-state index >= 15 is 0 Å². The number of nitrogens with zero attached hydrogens (tertiary/aromatic N) is 2. The van der Waals surface area contributed by atoms with E-state index in [1.807, 2.05) is 18.2 Å². The predicted octanol–water partition coefficient (Wildman–Crippen LogP) is 4.16. The van der Waals surface area contributed by atoms with E-state index in [4.69, 9.17) is 0 Å². The lowest BCUT2D eigenvalue weighted by molar-refractivity contribution is -0.125. The van der Waals surface area contributed by atoms with Crippen molar-refractivity contribution < 1.29 is 14.4 Å². The first-order chi connectivity index (χ1) is 16.5. The molecule has 174 valence electrons. The fourth-order valence-corrected chi connectivity index (χ4v) is 5.98. The van der Waals surface area contributed by atoms with Gasteiger partial charge in [-0.05, 0) is 30.5 Å². The highest BCUT2D eigenvalue weighted by Crippen LogP contribution is 2.41. The van der Waals surface area contributed by atoms with Gasteiger partial charge in [-0.2, -0.15) is 0 Å². The van der Waals surface area contributed by atoms with Crippen molar-refractivity contribution in [2.45, 2.75) is 43.9 Å². The van der Waals surface area contributed by atoms with Gasteiger partial charge in [0.05, 0.1) is 22.1 Å². The van der Waals surface area contributed by atoms with Crippen LogP contribution in [0.4, 0.5) is 5.13 Å². The van der Waals surface area contributed by atoms with Gasteiger partial charge < -0.3 is 5.32 Å². The molecule has 3 aromatic rings. The molecule has 7 nitrogen and oxygen atoms in total. The van der Waals surface area contributed by atoms with Crippen LogP contribution in [0.25, 0.3) is 0 Å². The molecule has 2 heterocycles. The van der Waals surface area contributed by atoms with Crippen molar-refractivity contribution >= 4 is 34.1 Å². The molecule has 2 amide bonds. The highest BCUT2D eigenvalue weighted by molar-refractivity contribution is 7.17. The molecule has 2 N–H and O–H groups in total. The van der Waals surface area contributed by atoms with E-state index in [-0.39, 0.29) is 29.4 Å². The number of anilines is 1. The minimum absolute atomic E-state index is 0.0366. The van der Waals surface area contributed by atoms with Crippen molar-refractivity contribution in [3.05, 3.63) is 76.6 Å². The number of Topliss-reactive ketones (excluding diaryl/α,β-unsaturated/α-hetero) is 1. The first-order valence-electron chi connectivity index (χ1n) is 11.6. The number of hydrogen-bond acceptors (Lipinski definition) is 6. The number of benzene rings is 1. The fraction of sp³-hybridized carbons (Fsp3) is 0.346. The summed E-state index contributed by atoms with van der Waals surface area (Å²) in [7, 11) is 0. The van der Waals surface area contributed by atoms with Crippen LogP contribution in [0.15, 0.2) is 54.9 Å². The van der Waals surface area contributed by atoms with Crippen molar-refractivity contribution in [2.75, 3.05) is 11.9 Å². The molecule has 5 rings (SSSR count). The molecule has 1 saturated carbocycles. The standard InChI is InChI=1S/C26H26N4O3S/c31-21-14-18(23(32)28-16-26(10-4-5-11-26)19-8-2-1-3-9-19)13-20-22(21)34-25(29-20)30-24(33)17-7-6-12-27-15-17/h1-3,6-9,12,15,18H,4-5,10-11,13-14,16H2,(H,28,32)(H,29,30,33). The van der Waals surface area contributed by atoms with Crippen LogP contribution in [0, 0.1) is 5.92 Å². The molecule has 0 radical (unpaired) electrons. The van der Waals surface area contributed by atoms with Crippen LogP contribution in [-0.4, -0.2) is 34.1 Å². The molecule has 1 aromatic carbocycles. The van der Waals surface area contributed by atoms with Gasteiger partial charge in [0, 0.05) is 37.2 Å². The molecular weight excluding hydrogens is 448 g/mol. The van der Waals surface area contributed by atoms with Gasteiger partial charge in [-0.1, -0.05) is 54.5 Å². The number of hydrogen-bond donors (Lipinski definition) is 2. The summed E-state index contributed by atoms with van der Waals surface area (Å²) in [6.45, 7) is 0.580. The number of rotatable bonds is 6. The summed E-state index contributed by atoms with van der Waals surface area (Å²) in [4.78, 5) is 47.2. The third kappa shape index (κ3) is 4.50. The van der Waals surface area contributed by atoms with E-state index in [0.29, 0.717) is 34.2 Å². The van der Waals surface area contributed by atoms with E-state index in [1.165, 1.54) is 23.1 Å². The smallest absolute Gasteiger partial charge is 0.259 e. The maximum atomic E-state index is 13.1. The Kier molecular flexibility index (Phi) is 6.24. The summed E-state index contributed by atoms with van der Waals surface area (Å²) in [6, 6.07) is 13.7. The maximum Gasteiger partial charge on any atom is 0.259 e. The molecular formula is C26H26N4O3S. The lowest BCUT2D eigenvalue weighted by Crippen LogP contribution is -2.43. The van der Waals surface area contributed by atoms with Crippen LogP contribution < -0.4 is 10.6 Å². The molecule has 1 unspecified atom stereocenters. The zero-order chi connectivity index (χ0) is 23.5. The SMILES string of the molecule is O=C(Nc1nc2c(s1)C(=O)CC(C(=O)NCC1(c3ccccc3)CCCC1)C2)c1cccnc1. The predicted molar refractivity (Wildman–Crippen MR) is 130 cm³/mol. The van der Waals surface area contributed by atoms with Crippen molar-refractivity contribution in [3.8, 4) is 0 Å². The second-order valence-corrected chi connectivity index (χ2v) is 10.1. The first kappa shape index (κ1) is 22.4. The lowest BCUT2D eigenvalue weighted by atomic mass is 9.78. The Morgan fingerprint density at radius 2 is 1.85 bits per heavy atom. The number of carbonyl (C=O) groups excluding carboxylic acids is 3. The third-order valence-electron chi connectivity index (χ3n) is 6.88. The van der Waals surface area contributed by atoms with E-state index < -0.39 is 5.92 Å². The average Bonchev–Trinajstić information content (AvgIpc) is 3.51. The van der Waals surface area contributed by atoms with Crippen LogP contribution in [-0.2, 0) is 16.6 Å². The molecule has 1 fully saturated rings. The van der Waals surface area contributed by atoms with E-state index in [0.717, 1.165) is 25.7 Å². The van der Waals surface area contributed by atoms with Crippen molar-refractivity contribution in [3.63, 3.8) is 0 Å². The Labute approximate surface area is 202 Å². The van der Waals surface area contributed by atoms with E-state index in [1.54, 1.807) is 18.3 Å². The van der Waals surface area contributed by atoms with Crippen LogP contribution in [0.5, 0.6) is 0 Å². The Balaban J connectivity index is 1.25. The van der Waals surface area contributed by atoms with Gasteiger partial charge in [-0.25, -0.2) is 4.98 Å². The minimum atomic E-state index is -0.446. The number of ketones is 1. The van der Waals surface area contributed by atoms with Gasteiger partial charge in [0.1, 0.15) is 0 Å². The van der Waals surface area contributed by atoms with Crippen LogP contribution in [0.1, 0.15) is 63.4 Å². The zero-order valence-corrected chi connectivity index (χ0v) is 19.6. The van der Waals surface area contributed by atoms with Gasteiger partial charge in [0.25, 0.3) is 5.91 Å². The Bertz CT molecular complexity index is 1200. The summed E-state index contributed by atoms with van der Waals surface area (Å²) in [6.07, 6.45) is 8.04. The molecule has 2 aliphatic carbocycles. The molecule has 0 saturated heterocycles. The van der Waals surface area contributed by atoms with Gasteiger partial charge in [0.2, 0.25) is 5.91 Å². The summed E-state index contributed by atoms with van der Waals surface area (Å²) >= 11 is 1.17. The quantitative estimate of drug-likeness (QED) is 0.559. The van der Waals surface area contributed by atoms with Gasteiger partial charge >= 0.3 is 0 Å². The Morgan fingerprint density at radius 3 is 2.59 bits per heavy atom. The van der Waals surface area contributed by atoms with Gasteiger partial charge in [0.15, 0.2) is 10.9 Å². The summed E-state index contributed by atoms with van der Waals surface area (Å²) in [5.41, 5.74) is 2.23. The molecule has 0 aliphatic heterocycles. The van der Waals surface area contributed by atoms with Crippen LogP contribution in [0.3, 0.4) is 0 Å². The molecule has 1 atom stereocenters. The lowest BCUT2D eigenvalue weighted by Gasteiger charge is -2.31. The van der Waals surface area contributed by atoms with Crippen molar-refractivity contribution in [1.82, 2.24) is 15.3 Å². The van der Waals surface area contributed by atoms with Crippen LogP contribution >= 0.6 is 11.3 Å². The second kappa shape index (κ2) is 9.46. The van der Waals surface area contributed by atoms with Crippen LogP contribution in [0.2, 0.25) is 0 Å². The fourth-order valence-electron chi connectivity index (χ4n) is 5.05. The summed E-state index contributed by atoms with van der Waals surface area (Å²) in [5, 5.41) is 6.26. The monoisotopic (exact) mass is 474 g/mol. The largest absolute Gasteiger partial charge is 0.355 e. The first-order valence-corrected chi connectivity index (χ1v) is 12.4. The Morgan fingerprint density at radius 1 is 1.06 bits per heavy atom. The van der Waals surface area contributed by atoms with Gasteiger partial charge in [-0.3, -0.25) is 24.7 Å². The molecule has 0 spiro atoms. The number of thiazole rings is 1. The number of amides is 2. The summed E-state index contributed by atoms with van der Waals surface area (Å²) in [5.74, 6) is -0.975. The molecule has 0 bridgehead atoms. The van der Waals surface area contributed by atoms with E-state index in [9.17, 15) is 14.4 Å². The molecule has 2 aromatic heterocycles. The number of carbonyl (C=O) groups is 3. The minimum Gasteiger partial charge on any atom is -0.355 e. The number of fused-ring (bicyclic) bond motifs is 1. The zero-order valence-electron chi connectivity index (χ0n) is 18.8. The molecule has 34 heavy (non-hydrogen) atoms. The number of nitrogens with one attached hydrogen (secondary N) is 2. The Hall–Kier alpha value is -3.39. The summed E-state index contributed by atoms with van der Waals surface area (Å²) < 4.78 is 0. The van der Waals surface area contributed by atoms with Crippen molar-refractivity contribution in [2.24, 2.45) is 5.92 Å². The third-order valence-corrected chi connectivity index (χ3v) is 7.94. The van der Waals surface area contributed by atoms with Gasteiger partial charge in [-0.15, -0.1) is 0 Å². The number of pyridine rings is 1. The van der Waals surface area contributed by atoms with Crippen molar-refractivity contribution in [1.29, 1.82) is 0 Å². The number of aromatic nitrogens is 2. The molecule has 2 aliphatic rings. The highest BCUT2D eigenvalue weighted by atomic mass is 32.1. The topological polar surface area (TPSA) is 101 Å². The highest BCUT2D eigenvalue weighted by Gasteiger charge is 2.38. The second-order valence-electron chi connectivity index (χ2n) is 9.09. The van der Waals surface area contributed by atoms with E-state index in [2.05, 4.69) is 32.7 Å². The normalized spacial score (nSPS) is 18.8.